The number of pyridine rings is 1. The molecule has 1 unspecified atom stereocenters. The van der Waals surface area contributed by atoms with Gasteiger partial charge >= 0.3 is 0 Å². The van der Waals surface area contributed by atoms with E-state index in [4.69, 9.17) is 4.98 Å². The van der Waals surface area contributed by atoms with Crippen LogP contribution in [0.25, 0.3) is 81.3 Å². The van der Waals surface area contributed by atoms with Gasteiger partial charge in [-0.05, 0) is 105 Å². The second-order valence-corrected chi connectivity index (χ2v) is 17.4. The van der Waals surface area contributed by atoms with Crippen molar-refractivity contribution in [2.24, 2.45) is 5.92 Å². The summed E-state index contributed by atoms with van der Waals surface area (Å²) in [6.07, 6.45) is 0.964. The fraction of sp³-hybridized carbons (Fsp3) is 0.154. The Morgan fingerprint density at radius 3 is 1.30 bits per heavy atom. The monoisotopic (exact) mass is 839 g/mol. The first-order valence-corrected chi connectivity index (χ1v) is 21.5. The molecule has 308 valence electrons. The number of rotatable bonds is 7. The van der Waals surface area contributed by atoms with E-state index >= 15 is 0 Å². The van der Waals surface area contributed by atoms with Crippen LogP contribution >= 0.6 is 0 Å². The topological polar surface area (TPSA) is 147 Å². The number of carbonyl (C=O) groups excluding carboxylic acids is 6. The summed E-state index contributed by atoms with van der Waals surface area (Å²) in [5.41, 5.74) is 3.74. The van der Waals surface area contributed by atoms with Crippen LogP contribution in [0.4, 0.5) is 0 Å². The van der Waals surface area contributed by atoms with E-state index < -0.39 is 23.6 Å². The molecule has 64 heavy (non-hydrogen) atoms. The largest absolute Gasteiger partial charge is 0.274 e. The Labute approximate surface area is 361 Å². The lowest BCUT2D eigenvalue weighted by atomic mass is 9.82. The molecule has 0 fully saturated rings. The van der Waals surface area contributed by atoms with Crippen molar-refractivity contribution in [3.8, 4) is 0 Å². The number of aromatic nitrogens is 2. The van der Waals surface area contributed by atoms with Gasteiger partial charge in [0.15, 0.2) is 0 Å². The van der Waals surface area contributed by atoms with Crippen molar-refractivity contribution in [2.75, 3.05) is 19.6 Å². The Kier molecular flexibility index (Phi) is 7.14. The SMILES string of the molecule is CCC(C)CN1C(=O)c2ccc3c4ccc5c6c(ccc(c7ccc(c2c37)C1=O)c64)C(=O)N(CCCN1C(=O)c2ccc3c(=O)n4c6ccccc6nc4c4ccc(c2c34)C1=O)C5=O. The average molecular weight is 840 g/mol. The molecule has 0 saturated carbocycles. The quantitative estimate of drug-likeness (QED) is 0.0882. The Bertz CT molecular complexity index is 3840. The minimum atomic E-state index is -0.522. The molecule has 3 aliphatic rings. The second-order valence-electron chi connectivity index (χ2n) is 17.4. The zero-order valence-electron chi connectivity index (χ0n) is 34.4. The molecule has 0 spiro atoms. The maximum atomic E-state index is 14.3. The number of benzene rings is 8. The first-order valence-electron chi connectivity index (χ1n) is 21.5. The molecule has 5 heterocycles. The molecule has 10 aromatic rings. The molecule has 0 saturated heterocycles. The number of nitrogens with zero attached hydrogens (tertiary/aromatic N) is 5. The van der Waals surface area contributed by atoms with Crippen molar-refractivity contribution in [1.82, 2.24) is 24.1 Å². The first-order chi connectivity index (χ1) is 31.1. The molecule has 2 aromatic heterocycles. The Morgan fingerprint density at radius 2 is 0.844 bits per heavy atom. The summed E-state index contributed by atoms with van der Waals surface area (Å²) in [7, 11) is 0. The number of amides is 6. The lowest BCUT2D eigenvalue weighted by Gasteiger charge is -2.31. The highest BCUT2D eigenvalue weighted by molar-refractivity contribution is 6.41. The van der Waals surface area contributed by atoms with E-state index in [9.17, 15) is 33.6 Å². The summed E-state index contributed by atoms with van der Waals surface area (Å²) in [5, 5.41) is 7.91. The van der Waals surface area contributed by atoms with Crippen molar-refractivity contribution >= 4 is 117 Å². The van der Waals surface area contributed by atoms with Gasteiger partial charge in [-0.1, -0.05) is 56.7 Å². The summed E-state index contributed by atoms with van der Waals surface area (Å²) in [5.74, 6) is -2.48. The van der Waals surface area contributed by atoms with Gasteiger partial charge in [0.25, 0.3) is 41.0 Å². The number of hydrogen-bond donors (Lipinski definition) is 0. The van der Waals surface area contributed by atoms with Gasteiger partial charge in [-0.15, -0.1) is 0 Å². The van der Waals surface area contributed by atoms with Gasteiger partial charge in [0, 0.05) is 85.3 Å². The van der Waals surface area contributed by atoms with Gasteiger partial charge in [-0.25, -0.2) is 4.98 Å². The molecule has 12 heteroatoms. The zero-order chi connectivity index (χ0) is 43.6. The van der Waals surface area contributed by atoms with Crippen molar-refractivity contribution in [3.05, 3.63) is 141 Å². The predicted octanol–water partition coefficient (Wildman–Crippen LogP) is 8.57. The van der Waals surface area contributed by atoms with Crippen LogP contribution < -0.4 is 5.56 Å². The Morgan fingerprint density at radius 1 is 0.453 bits per heavy atom. The molecule has 6 amide bonds. The van der Waals surface area contributed by atoms with Gasteiger partial charge in [-0.2, -0.15) is 0 Å². The highest BCUT2D eigenvalue weighted by Crippen LogP contribution is 2.46. The molecule has 12 nitrogen and oxygen atoms in total. The minimum Gasteiger partial charge on any atom is -0.274 e. The lowest BCUT2D eigenvalue weighted by molar-refractivity contribution is 0.0563. The average Bonchev–Trinajstić information content (AvgIpc) is 3.71. The van der Waals surface area contributed by atoms with Crippen LogP contribution in [-0.2, 0) is 0 Å². The number of carbonyl (C=O) groups is 6. The molecule has 13 rings (SSSR count). The standard InChI is InChI=1S/C52H33N5O7/c1-3-24(2)23-56-50(62)34-16-11-27-25-9-14-30-42-31(15-10-26(39(25)42)28-12-17-35(51(56)63)43(34)40(27)28)47(59)54(46(30)58)21-6-22-55-48(60)32-18-13-29-41-36(20-19-33(44(32)41)49(55)61)52(64)57-38-8-5-4-7-37(38)53-45(29)57/h4-5,7-20,24H,3,6,21-23H2,1-2H3. The third-order valence-electron chi connectivity index (χ3n) is 14.1. The molecular formula is C52H33N5O7. The van der Waals surface area contributed by atoms with Crippen molar-refractivity contribution in [1.29, 1.82) is 0 Å². The third-order valence-corrected chi connectivity index (χ3v) is 14.1. The van der Waals surface area contributed by atoms with Gasteiger partial charge in [-0.3, -0.25) is 52.7 Å². The lowest BCUT2D eigenvalue weighted by Crippen LogP contribution is -2.44. The molecular weight excluding hydrogens is 807 g/mol. The fourth-order valence-corrected chi connectivity index (χ4v) is 10.9. The van der Waals surface area contributed by atoms with E-state index in [0.717, 1.165) is 43.6 Å². The highest BCUT2D eigenvalue weighted by atomic mass is 16.2. The number of imidazole rings is 1. The van der Waals surface area contributed by atoms with Crippen LogP contribution in [0.1, 0.15) is 88.8 Å². The van der Waals surface area contributed by atoms with Crippen LogP contribution in [0.3, 0.4) is 0 Å². The van der Waals surface area contributed by atoms with E-state index in [1.165, 1.54) is 9.80 Å². The van der Waals surface area contributed by atoms with Crippen LogP contribution in [0, 0.1) is 5.92 Å². The van der Waals surface area contributed by atoms with Crippen LogP contribution in [-0.4, -0.2) is 79.2 Å². The Balaban J connectivity index is 0.829. The summed E-state index contributed by atoms with van der Waals surface area (Å²) in [6.45, 7) is 4.29. The van der Waals surface area contributed by atoms with E-state index in [-0.39, 0.29) is 53.9 Å². The first kappa shape index (κ1) is 36.5. The van der Waals surface area contributed by atoms with E-state index in [2.05, 4.69) is 0 Å². The van der Waals surface area contributed by atoms with Crippen molar-refractivity contribution in [3.63, 3.8) is 0 Å². The molecule has 1 atom stereocenters. The normalized spacial score (nSPS) is 15.8. The van der Waals surface area contributed by atoms with Gasteiger partial charge in [0.05, 0.1) is 11.0 Å². The molecule has 3 aliphatic heterocycles. The van der Waals surface area contributed by atoms with Crippen LogP contribution in [0.2, 0.25) is 0 Å². The number of imide groups is 3. The second kappa shape index (κ2) is 12.5. The van der Waals surface area contributed by atoms with Gasteiger partial charge in [0.2, 0.25) is 0 Å². The maximum absolute atomic E-state index is 14.3. The molecule has 0 radical (unpaired) electrons. The van der Waals surface area contributed by atoms with Gasteiger partial charge in [0.1, 0.15) is 5.65 Å². The van der Waals surface area contributed by atoms with E-state index in [1.54, 1.807) is 52.9 Å². The van der Waals surface area contributed by atoms with Crippen LogP contribution in [0.15, 0.2) is 102 Å². The number of hydrogen-bond acceptors (Lipinski definition) is 8. The summed E-state index contributed by atoms with van der Waals surface area (Å²) >= 11 is 0. The molecule has 0 bridgehead atoms. The van der Waals surface area contributed by atoms with Crippen molar-refractivity contribution < 1.29 is 28.8 Å². The third kappa shape index (κ3) is 4.41. The maximum Gasteiger partial charge on any atom is 0.264 e. The Hall–Kier alpha value is -8.12. The zero-order valence-corrected chi connectivity index (χ0v) is 34.4. The summed E-state index contributed by atoms with van der Waals surface area (Å²) in [4.78, 5) is 107. The van der Waals surface area contributed by atoms with E-state index in [0.29, 0.717) is 77.8 Å². The molecule has 8 aromatic carbocycles. The van der Waals surface area contributed by atoms with Gasteiger partial charge < -0.3 is 0 Å². The summed E-state index contributed by atoms with van der Waals surface area (Å²) < 4.78 is 1.57. The number of fused-ring (bicyclic) bond motifs is 6. The number of para-hydroxylation sites is 2. The van der Waals surface area contributed by atoms with E-state index in [1.807, 2.05) is 62.4 Å². The fourth-order valence-electron chi connectivity index (χ4n) is 10.9. The summed E-state index contributed by atoms with van der Waals surface area (Å²) in [6, 6.07) is 28.6. The van der Waals surface area contributed by atoms with Crippen molar-refractivity contribution in [2.45, 2.75) is 26.7 Å². The minimum absolute atomic E-state index is 0.0478. The van der Waals surface area contributed by atoms with Crippen LogP contribution in [0.5, 0.6) is 0 Å². The predicted molar refractivity (Wildman–Crippen MR) is 243 cm³/mol. The smallest absolute Gasteiger partial charge is 0.264 e. The molecule has 0 N–H and O–H groups in total. The highest BCUT2D eigenvalue weighted by Gasteiger charge is 2.39. The molecule has 0 aliphatic carbocycles.